The number of likely N-dealkylation sites (tertiary alicyclic amines) is 1. The molecule has 4 nitrogen and oxygen atoms in total. The van der Waals surface area contributed by atoms with Crippen LogP contribution in [0.1, 0.15) is 39.0 Å². The van der Waals surface area contributed by atoms with Crippen molar-refractivity contribution in [2.24, 2.45) is 5.92 Å². The Labute approximate surface area is 147 Å². The number of thiazole rings is 1. The summed E-state index contributed by atoms with van der Waals surface area (Å²) in [4.78, 5) is 22.1. The van der Waals surface area contributed by atoms with E-state index in [2.05, 4.69) is 34.9 Å². The zero-order chi connectivity index (χ0) is 16.5. The molecule has 0 aliphatic carbocycles. The first-order valence-corrected chi connectivity index (χ1v) is 9.95. The van der Waals surface area contributed by atoms with Crippen LogP contribution < -0.4 is 4.90 Å². The molecular weight excluding hydrogens is 318 g/mol. The number of hydrogen-bond acceptors (Lipinski definition) is 4. The molecule has 1 amide bonds. The summed E-state index contributed by atoms with van der Waals surface area (Å²) in [6, 6.07) is 8.73. The number of amides is 1. The number of rotatable bonds is 2. The van der Waals surface area contributed by atoms with E-state index >= 15 is 0 Å². The number of para-hydroxylation sites is 1. The third kappa shape index (κ3) is 3.02. The highest BCUT2D eigenvalue weighted by Crippen LogP contribution is 2.32. The molecule has 2 aliphatic heterocycles. The highest BCUT2D eigenvalue weighted by Gasteiger charge is 2.32. The van der Waals surface area contributed by atoms with E-state index in [4.69, 9.17) is 4.98 Å². The van der Waals surface area contributed by atoms with E-state index in [0.29, 0.717) is 11.9 Å². The Morgan fingerprint density at radius 2 is 1.92 bits per heavy atom. The van der Waals surface area contributed by atoms with Crippen LogP contribution in [-0.2, 0) is 4.79 Å². The van der Waals surface area contributed by atoms with Crippen LogP contribution in [0.4, 0.5) is 5.13 Å². The number of piperidine rings is 2. The topological polar surface area (TPSA) is 36.4 Å². The van der Waals surface area contributed by atoms with Crippen LogP contribution in [0.2, 0.25) is 0 Å². The Bertz CT molecular complexity index is 687. The minimum absolute atomic E-state index is 0.205. The van der Waals surface area contributed by atoms with Crippen LogP contribution >= 0.6 is 11.3 Å². The molecular formula is C19H25N3OS. The van der Waals surface area contributed by atoms with Crippen molar-refractivity contribution in [3.63, 3.8) is 0 Å². The van der Waals surface area contributed by atoms with E-state index in [0.717, 1.165) is 49.5 Å². The van der Waals surface area contributed by atoms with Crippen LogP contribution in [0, 0.1) is 5.92 Å². The maximum absolute atomic E-state index is 12.8. The van der Waals surface area contributed by atoms with Crippen molar-refractivity contribution >= 4 is 32.6 Å². The third-order valence-electron chi connectivity index (χ3n) is 5.48. The number of benzene rings is 1. The zero-order valence-corrected chi connectivity index (χ0v) is 15.1. The van der Waals surface area contributed by atoms with Gasteiger partial charge in [0.05, 0.1) is 10.2 Å². The van der Waals surface area contributed by atoms with Crippen molar-refractivity contribution in [2.75, 3.05) is 24.5 Å². The summed E-state index contributed by atoms with van der Waals surface area (Å²) < 4.78 is 1.24. The number of aromatic nitrogens is 1. The molecule has 1 aromatic heterocycles. The second-order valence-electron chi connectivity index (χ2n) is 7.10. The highest BCUT2D eigenvalue weighted by atomic mass is 32.1. The average Bonchev–Trinajstić information content (AvgIpc) is 3.06. The number of carbonyl (C=O) groups is 1. The lowest BCUT2D eigenvalue weighted by Crippen LogP contribution is -2.47. The van der Waals surface area contributed by atoms with Crippen LogP contribution in [-0.4, -0.2) is 41.5 Å². The molecule has 1 unspecified atom stereocenters. The van der Waals surface area contributed by atoms with Gasteiger partial charge < -0.3 is 9.80 Å². The summed E-state index contributed by atoms with van der Waals surface area (Å²) in [5, 5.41) is 1.11. The summed E-state index contributed by atoms with van der Waals surface area (Å²) in [6.45, 7) is 5.04. The van der Waals surface area contributed by atoms with Crippen molar-refractivity contribution in [2.45, 2.75) is 45.1 Å². The minimum Gasteiger partial charge on any atom is -0.348 e. The Morgan fingerprint density at radius 1 is 1.12 bits per heavy atom. The van der Waals surface area contributed by atoms with Crippen LogP contribution in [0.15, 0.2) is 24.3 Å². The van der Waals surface area contributed by atoms with Gasteiger partial charge in [0, 0.05) is 31.6 Å². The molecule has 0 saturated carbocycles. The number of anilines is 1. The lowest BCUT2D eigenvalue weighted by atomic mass is 9.93. The highest BCUT2D eigenvalue weighted by molar-refractivity contribution is 7.22. The lowest BCUT2D eigenvalue weighted by molar-refractivity contribution is -0.139. The van der Waals surface area contributed by atoms with Crippen LogP contribution in [0.25, 0.3) is 10.2 Å². The van der Waals surface area contributed by atoms with Gasteiger partial charge in [-0.1, -0.05) is 23.5 Å². The molecule has 128 valence electrons. The lowest BCUT2D eigenvalue weighted by Gasteiger charge is -2.38. The van der Waals surface area contributed by atoms with Gasteiger partial charge in [-0.3, -0.25) is 4.79 Å². The molecule has 1 aromatic carbocycles. The standard InChI is InChI=1S/C19H25N3OS/c1-14-6-4-5-11-22(14)18(23)15-9-12-21(13-10-15)19-20-16-7-2-3-8-17(16)24-19/h2-3,7-8,14-15H,4-6,9-13H2,1H3. The molecule has 5 heteroatoms. The second kappa shape index (κ2) is 6.71. The Kier molecular flexibility index (Phi) is 4.44. The van der Waals surface area contributed by atoms with Crippen molar-refractivity contribution < 1.29 is 4.79 Å². The van der Waals surface area contributed by atoms with Crippen LogP contribution in [0.3, 0.4) is 0 Å². The molecule has 2 fully saturated rings. The monoisotopic (exact) mass is 343 g/mol. The van der Waals surface area contributed by atoms with E-state index in [1.807, 2.05) is 6.07 Å². The van der Waals surface area contributed by atoms with E-state index in [1.54, 1.807) is 11.3 Å². The molecule has 0 bridgehead atoms. The Balaban J connectivity index is 1.40. The zero-order valence-electron chi connectivity index (χ0n) is 14.3. The van der Waals surface area contributed by atoms with Gasteiger partial charge in [-0.2, -0.15) is 0 Å². The van der Waals surface area contributed by atoms with Gasteiger partial charge >= 0.3 is 0 Å². The van der Waals surface area contributed by atoms with Gasteiger partial charge in [0.15, 0.2) is 5.13 Å². The molecule has 2 saturated heterocycles. The van der Waals surface area contributed by atoms with Gasteiger partial charge in [-0.15, -0.1) is 0 Å². The maximum Gasteiger partial charge on any atom is 0.226 e. The number of fused-ring (bicyclic) bond motifs is 1. The molecule has 1 atom stereocenters. The minimum atomic E-state index is 0.205. The SMILES string of the molecule is CC1CCCCN1C(=O)C1CCN(c2nc3ccccc3s2)CC1. The maximum atomic E-state index is 12.8. The van der Waals surface area contributed by atoms with Crippen molar-refractivity contribution in [3.05, 3.63) is 24.3 Å². The molecule has 24 heavy (non-hydrogen) atoms. The summed E-state index contributed by atoms with van der Waals surface area (Å²) in [7, 11) is 0. The summed E-state index contributed by atoms with van der Waals surface area (Å²) >= 11 is 1.76. The van der Waals surface area contributed by atoms with Gasteiger partial charge in [0.1, 0.15) is 0 Å². The molecule has 3 heterocycles. The molecule has 4 rings (SSSR count). The van der Waals surface area contributed by atoms with Gasteiger partial charge in [0.2, 0.25) is 5.91 Å². The Morgan fingerprint density at radius 3 is 2.67 bits per heavy atom. The fourth-order valence-electron chi connectivity index (χ4n) is 3.97. The fourth-order valence-corrected chi connectivity index (χ4v) is 4.99. The first-order valence-electron chi connectivity index (χ1n) is 9.13. The quantitative estimate of drug-likeness (QED) is 0.829. The first kappa shape index (κ1) is 15.9. The average molecular weight is 343 g/mol. The van der Waals surface area contributed by atoms with Gasteiger partial charge in [-0.05, 0) is 51.2 Å². The van der Waals surface area contributed by atoms with Crippen molar-refractivity contribution in [1.82, 2.24) is 9.88 Å². The molecule has 2 aromatic rings. The predicted molar refractivity (Wildman–Crippen MR) is 99.6 cm³/mol. The normalized spacial score (nSPS) is 23.0. The largest absolute Gasteiger partial charge is 0.348 e. The second-order valence-corrected chi connectivity index (χ2v) is 8.11. The smallest absolute Gasteiger partial charge is 0.226 e. The molecule has 0 N–H and O–H groups in total. The van der Waals surface area contributed by atoms with Crippen molar-refractivity contribution in [1.29, 1.82) is 0 Å². The molecule has 2 aliphatic rings. The Hall–Kier alpha value is -1.62. The van der Waals surface area contributed by atoms with Gasteiger partial charge in [-0.25, -0.2) is 4.98 Å². The summed E-state index contributed by atoms with van der Waals surface area (Å²) in [5.41, 5.74) is 1.08. The predicted octanol–water partition coefficient (Wildman–Crippen LogP) is 3.91. The van der Waals surface area contributed by atoms with Gasteiger partial charge in [0.25, 0.3) is 0 Å². The number of carbonyl (C=O) groups excluding carboxylic acids is 1. The fraction of sp³-hybridized carbons (Fsp3) is 0.579. The van der Waals surface area contributed by atoms with E-state index < -0.39 is 0 Å². The molecule has 0 spiro atoms. The summed E-state index contributed by atoms with van der Waals surface area (Å²) in [5.74, 6) is 0.599. The number of nitrogens with zero attached hydrogens (tertiary/aromatic N) is 3. The molecule has 0 radical (unpaired) electrons. The first-order chi connectivity index (χ1) is 11.7. The van der Waals surface area contributed by atoms with Crippen LogP contribution in [0.5, 0.6) is 0 Å². The number of hydrogen-bond donors (Lipinski definition) is 0. The summed E-state index contributed by atoms with van der Waals surface area (Å²) in [6.07, 6.45) is 5.51. The van der Waals surface area contributed by atoms with E-state index in [1.165, 1.54) is 17.5 Å². The third-order valence-corrected chi connectivity index (χ3v) is 6.58. The van der Waals surface area contributed by atoms with E-state index in [9.17, 15) is 4.79 Å². The van der Waals surface area contributed by atoms with Crippen molar-refractivity contribution in [3.8, 4) is 0 Å². The van der Waals surface area contributed by atoms with E-state index in [-0.39, 0.29) is 5.92 Å².